The highest BCUT2D eigenvalue weighted by atomic mass is 127. The first-order valence-corrected chi connectivity index (χ1v) is 11.0. The zero-order valence-electron chi connectivity index (χ0n) is 19.2. The molecule has 0 fully saturated rings. The van der Waals surface area contributed by atoms with Crippen molar-refractivity contribution in [3.63, 3.8) is 0 Å². The number of benzene rings is 2. The second-order valence-corrected chi connectivity index (χ2v) is 7.82. The molecule has 2 aromatic carbocycles. The largest absolute Gasteiger partial charge is 0.480 e. The zero-order valence-corrected chi connectivity index (χ0v) is 21.4. The van der Waals surface area contributed by atoms with Crippen LogP contribution in [0.25, 0.3) is 5.69 Å². The van der Waals surface area contributed by atoms with Crippen molar-refractivity contribution in [1.82, 2.24) is 25.1 Å². The van der Waals surface area contributed by atoms with Gasteiger partial charge < -0.3 is 15.3 Å². The maximum atomic E-state index is 10.8. The zero-order chi connectivity index (χ0) is 26.9. The summed E-state index contributed by atoms with van der Waals surface area (Å²) in [6.07, 6.45) is 2.69. The number of likely N-dealkylation sites (N-methyl/N-ethyl adjacent to an activating group) is 1. The minimum Gasteiger partial charge on any atom is -0.480 e. The Bertz CT molecular complexity index is 1180. The SMILES string of the molecule is C.C1=NCN=N1.CN(C)CC(=O)O.O=C(O)c1ccccc1-n1ncnn1.O=C(O)c1ccccc1I. The smallest absolute Gasteiger partial charge is 0.337 e. The lowest BCUT2D eigenvalue weighted by Gasteiger charge is -2.01. The normalized spacial score (nSPS) is 10.5. The molecule has 0 unspecified atom stereocenters. The van der Waals surface area contributed by atoms with Crippen LogP contribution >= 0.6 is 22.6 Å². The lowest BCUT2D eigenvalue weighted by Crippen LogP contribution is -2.20. The first kappa shape index (κ1) is 32.9. The van der Waals surface area contributed by atoms with Crippen molar-refractivity contribution >= 4 is 46.8 Å². The highest BCUT2D eigenvalue weighted by Crippen LogP contribution is 2.11. The quantitative estimate of drug-likeness (QED) is 0.354. The number of hydrogen-bond acceptors (Lipinski definition) is 10. The van der Waals surface area contributed by atoms with Gasteiger partial charge in [-0.2, -0.15) is 5.11 Å². The molecule has 14 nitrogen and oxygen atoms in total. The molecule has 15 heteroatoms. The van der Waals surface area contributed by atoms with E-state index in [1.54, 1.807) is 55.4 Å². The highest BCUT2D eigenvalue weighted by molar-refractivity contribution is 14.1. The van der Waals surface area contributed by atoms with E-state index < -0.39 is 17.9 Å². The fraction of sp³-hybridized carbons (Fsp3) is 0.227. The number of halogens is 1. The summed E-state index contributed by atoms with van der Waals surface area (Å²) in [5, 5.41) is 43.3. The van der Waals surface area contributed by atoms with Crippen LogP contribution in [0.4, 0.5) is 0 Å². The van der Waals surface area contributed by atoms with Crippen LogP contribution in [-0.4, -0.2) is 92.0 Å². The van der Waals surface area contributed by atoms with E-state index in [9.17, 15) is 14.4 Å². The van der Waals surface area contributed by atoms with Crippen LogP contribution in [0.1, 0.15) is 28.1 Å². The van der Waals surface area contributed by atoms with E-state index in [4.69, 9.17) is 15.3 Å². The standard InChI is InChI=1S/C8H6N4O2.C7H5IO2.C4H9NO2.C2H3N3.CH4/c13-8(14)6-3-1-2-4-7(6)12-10-5-9-11-12;8-6-4-2-1-3-5(6)7(9)10;1-5(2)3-4(6)7;1-3-2-5-4-1;/h1-5H,(H,13,14);1-4H,(H,9,10);3H2,1-2H3,(H,6,7);1H,2H2;1H4. The number of carboxylic acid groups (broad SMARTS) is 3. The molecule has 37 heavy (non-hydrogen) atoms. The topological polar surface area (TPSA) is 196 Å². The number of aromatic carboxylic acids is 2. The van der Waals surface area contributed by atoms with E-state index >= 15 is 0 Å². The van der Waals surface area contributed by atoms with Crippen LogP contribution in [0, 0.1) is 3.57 Å². The van der Waals surface area contributed by atoms with E-state index in [0.29, 0.717) is 17.9 Å². The van der Waals surface area contributed by atoms with E-state index in [-0.39, 0.29) is 19.5 Å². The molecule has 0 spiro atoms. The molecular weight excluding hydrogens is 599 g/mol. The van der Waals surface area contributed by atoms with Crippen LogP contribution in [-0.2, 0) is 4.79 Å². The third-order valence-corrected chi connectivity index (χ3v) is 4.56. The summed E-state index contributed by atoms with van der Waals surface area (Å²) in [6, 6.07) is 13.3. The fourth-order valence-electron chi connectivity index (χ4n) is 2.19. The van der Waals surface area contributed by atoms with E-state index in [0.717, 1.165) is 3.57 Å². The fourth-order valence-corrected chi connectivity index (χ4v) is 2.81. The van der Waals surface area contributed by atoms with Crippen molar-refractivity contribution in [2.45, 2.75) is 7.43 Å². The Morgan fingerprint density at radius 2 is 1.57 bits per heavy atom. The van der Waals surface area contributed by atoms with Gasteiger partial charge in [-0.25, -0.2) is 14.6 Å². The van der Waals surface area contributed by atoms with Gasteiger partial charge in [-0.1, -0.05) is 31.7 Å². The van der Waals surface area contributed by atoms with Gasteiger partial charge in [0.2, 0.25) is 0 Å². The maximum absolute atomic E-state index is 10.8. The molecule has 0 amide bonds. The lowest BCUT2D eigenvalue weighted by atomic mass is 10.2. The third-order valence-electron chi connectivity index (χ3n) is 3.61. The van der Waals surface area contributed by atoms with Gasteiger partial charge in [-0.15, -0.1) is 20.1 Å². The van der Waals surface area contributed by atoms with Crippen LogP contribution in [0.3, 0.4) is 0 Å². The number of hydrogen-bond donors (Lipinski definition) is 3. The molecule has 0 aliphatic carbocycles. The average molecular weight is 626 g/mol. The highest BCUT2D eigenvalue weighted by Gasteiger charge is 2.11. The molecule has 4 rings (SSSR count). The summed E-state index contributed by atoms with van der Waals surface area (Å²) in [5.41, 5.74) is 0.908. The summed E-state index contributed by atoms with van der Waals surface area (Å²) in [7, 11) is 3.43. The van der Waals surface area contributed by atoms with Crippen molar-refractivity contribution in [3.05, 3.63) is 69.6 Å². The van der Waals surface area contributed by atoms with Crippen molar-refractivity contribution in [2.24, 2.45) is 15.2 Å². The Morgan fingerprint density at radius 1 is 0.973 bits per heavy atom. The molecule has 3 aromatic rings. The number of carboxylic acids is 3. The summed E-state index contributed by atoms with van der Waals surface area (Å²) >= 11 is 1.99. The second kappa shape index (κ2) is 18.2. The predicted molar refractivity (Wildman–Crippen MR) is 143 cm³/mol. The van der Waals surface area contributed by atoms with Crippen molar-refractivity contribution in [3.8, 4) is 5.69 Å². The van der Waals surface area contributed by atoms with Gasteiger partial charge in [-0.05, 0) is 66.2 Å². The number of rotatable bonds is 5. The number of aromatic nitrogens is 4. The number of tetrazole rings is 1. The molecule has 1 aromatic heterocycles. The molecule has 0 saturated carbocycles. The maximum Gasteiger partial charge on any atom is 0.337 e. The number of para-hydroxylation sites is 1. The Hall–Kier alpha value is -4.12. The molecule has 1 aliphatic heterocycles. The van der Waals surface area contributed by atoms with E-state index in [2.05, 4.69) is 30.6 Å². The van der Waals surface area contributed by atoms with Crippen LogP contribution < -0.4 is 0 Å². The van der Waals surface area contributed by atoms with Gasteiger partial charge in [0.15, 0.2) is 13.0 Å². The number of aliphatic carboxylic acids is 1. The summed E-state index contributed by atoms with van der Waals surface area (Å²) in [6.45, 7) is 0.639. The molecule has 0 atom stereocenters. The Labute approximate surface area is 226 Å². The van der Waals surface area contributed by atoms with Gasteiger partial charge in [0.25, 0.3) is 0 Å². The summed E-state index contributed by atoms with van der Waals surface area (Å²) in [5.74, 6) is -2.67. The van der Waals surface area contributed by atoms with Gasteiger partial charge in [0, 0.05) is 3.57 Å². The minimum atomic E-state index is -1.02. The Balaban J connectivity index is 0.000000496. The van der Waals surface area contributed by atoms with Crippen molar-refractivity contribution in [2.75, 3.05) is 27.3 Å². The lowest BCUT2D eigenvalue weighted by molar-refractivity contribution is -0.137. The molecule has 198 valence electrons. The second-order valence-electron chi connectivity index (χ2n) is 6.66. The molecule has 0 saturated heterocycles. The van der Waals surface area contributed by atoms with E-state index in [1.807, 2.05) is 28.7 Å². The van der Waals surface area contributed by atoms with Crippen molar-refractivity contribution in [1.29, 1.82) is 0 Å². The molecule has 2 heterocycles. The average Bonchev–Trinajstić information content (AvgIpc) is 3.56. The molecule has 0 radical (unpaired) electrons. The molecular formula is C22H27IN8O6. The third kappa shape index (κ3) is 13.5. The Morgan fingerprint density at radius 3 is 1.92 bits per heavy atom. The number of aliphatic imine (C=N–C) groups is 1. The Kier molecular flexibility index (Phi) is 16.2. The van der Waals surface area contributed by atoms with Crippen LogP contribution in [0.2, 0.25) is 0 Å². The van der Waals surface area contributed by atoms with Crippen LogP contribution in [0.5, 0.6) is 0 Å². The first-order valence-electron chi connectivity index (χ1n) is 9.88. The molecule has 3 N–H and O–H groups in total. The summed E-state index contributed by atoms with van der Waals surface area (Å²) < 4.78 is 0.771. The van der Waals surface area contributed by atoms with Gasteiger partial charge in [0.1, 0.15) is 12.0 Å². The monoisotopic (exact) mass is 626 g/mol. The number of azo groups is 1. The first-order chi connectivity index (χ1) is 17.1. The van der Waals surface area contributed by atoms with Gasteiger partial charge in [0.05, 0.1) is 17.7 Å². The number of carbonyl (C=O) groups is 3. The molecule has 0 bridgehead atoms. The predicted octanol–water partition coefficient (Wildman–Crippen LogP) is 3.06. The number of nitrogens with zero attached hydrogens (tertiary/aromatic N) is 8. The van der Waals surface area contributed by atoms with Gasteiger partial charge >= 0.3 is 17.9 Å². The van der Waals surface area contributed by atoms with Crippen molar-refractivity contribution < 1.29 is 29.7 Å². The minimum absolute atomic E-state index is 0. The van der Waals surface area contributed by atoms with E-state index in [1.165, 1.54) is 23.5 Å². The van der Waals surface area contributed by atoms with Gasteiger partial charge in [-0.3, -0.25) is 9.69 Å². The molecule has 1 aliphatic rings. The van der Waals surface area contributed by atoms with Crippen LogP contribution in [0.15, 0.2) is 70.1 Å². The summed E-state index contributed by atoms with van der Waals surface area (Å²) in [4.78, 5) is 37.4.